The van der Waals surface area contributed by atoms with Crippen LogP contribution in [0.5, 0.6) is 0 Å². The summed E-state index contributed by atoms with van der Waals surface area (Å²) in [7, 11) is 0. The summed E-state index contributed by atoms with van der Waals surface area (Å²) in [5, 5.41) is 20.7. The van der Waals surface area contributed by atoms with Gasteiger partial charge in [0, 0.05) is 11.6 Å². The molecule has 1 aromatic heterocycles. The molecule has 3 aromatic carbocycles. The van der Waals surface area contributed by atoms with Gasteiger partial charge < -0.3 is 5.11 Å². The molecule has 0 radical (unpaired) electrons. The Kier molecular flexibility index (Phi) is 5.48. The number of carbonyl (C=O) groups excluding carboxylic acids is 1. The molecule has 0 saturated carbocycles. The van der Waals surface area contributed by atoms with E-state index in [1.165, 1.54) is 28.8 Å². The van der Waals surface area contributed by atoms with Crippen LogP contribution in [0.4, 0.5) is 5.69 Å². The Labute approximate surface area is 180 Å². The number of Topliss-reactive ketones (excluding diaryl/α,β-unsaturated/α-hetero) is 1. The van der Waals surface area contributed by atoms with E-state index >= 15 is 0 Å². The first-order valence-electron chi connectivity index (χ1n) is 9.63. The second-order valence-electron chi connectivity index (χ2n) is 7.05. The van der Waals surface area contributed by atoms with Gasteiger partial charge in [-0.05, 0) is 23.8 Å². The van der Waals surface area contributed by atoms with E-state index in [0.717, 1.165) is 4.57 Å². The second-order valence-corrected chi connectivity index (χ2v) is 7.05. The number of nitro benzene ring substituents is 1. The third-order valence-electron chi connectivity index (χ3n) is 5.13. The van der Waals surface area contributed by atoms with Gasteiger partial charge in [0.15, 0.2) is 5.78 Å². The highest BCUT2D eigenvalue weighted by molar-refractivity contribution is 5.96. The summed E-state index contributed by atoms with van der Waals surface area (Å²) in [6.45, 7) is -0.544. The smallest absolute Gasteiger partial charge is 0.336 e. The molecule has 160 valence electrons. The average Bonchev–Trinajstić information content (AvgIpc) is 2.82. The summed E-state index contributed by atoms with van der Waals surface area (Å²) in [5.74, 6) is -0.427. The Hall–Kier alpha value is -4.37. The van der Waals surface area contributed by atoms with Gasteiger partial charge in [-0.2, -0.15) is 0 Å². The zero-order chi connectivity index (χ0) is 22.8. The van der Waals surface area contributed by atoms with E-state index in [1.807, 2.05) is 0 Å². The van der Waals surface area contributed by atoms with Gasteiger partial charge in [0.1, 0.15) is 12.3 Å². The molecule has 1 heterocycles. The number of ketones is 1. The lowest BCUT2D eigenvalue weighted by Crippen LogP contribution is -2.39. The molecule has 1 N–H and O–H groups in total. The summed E-state index contributed by atoms with van der Waals surface area (Å²) in [6.07, 6.45) is 0. The highest BCUT2D eigenvalue weighted by Crippen LogP contribution is 2.21. The van der Waals surface area contributed by atoms with Crippen LogP contribution in [0.3, 0.4) is 0 Å². The number of carbonyl (C=O) groups is 1. The number of nitrogens with zero attached hydrogens (tertiary/aromatic N) is 3. The number of hydrogen-bond acceptors (Lipinski definition) is 6. The molecule has 0 atom stereocenters. The van der Waals surface area contributed by atoms with Crippen molar-refractivity contribution in [1.82, 2.24) is 9.13 Å². The van der Waals surface area contributed by atoms with Crippen molar-refractivity contribution < 1.29 is 14.8 Å². The van der Waals surface area contributed by atoms with Crippen LogP contribution in [0.2, 0.25) is 0 Å². The van der Waals surface area contributed by atoms with Crippen LogP contribution in [-0.2, 0) is 6.54 Å². The molecular formula is C23H17N3O6. The minimum Gasteiger partial charge on any atom is -0.388 e. The second kappa shape index (κ2) is 8.40. The van der Waals surface area contributed by atoms with Gasteiger partial charge in [-0.15, -0.1) is 0 Å². The first-order valence-corrected chi connectivity index (χ1v) is 9.63. The normalized spacial score (nSPS) is 10.9. The van der Waals surface area contributed by atoms with Crippen molar-refractivity contribution in [3.05, 3.63) is 115 Å². The molecule has 0 amide bonds. The van der Waals surface area contributed by atoms with Gasteiger partial charge in [-0.3, -0.25) is 24.3 Å². The maximum absolute atomic E-state index is 13.4. The zero-order valence-corrected chi connectivity index (χ0v) is 16.7. The van der Waals surface area contributed by atoms with E-state index < -0.39 is 28.6 Å². The fourth-order valence-electron chi connectivity index (χ4n) is 3.56. The van der Waals surface area contributed by atoms with Crippen molar-refractivity contribution in [3.8, 4) is 5.69 Å². The summed E-state index contributed by atoms with van der Waals surface area (Å²) in [4.78, 5) is 49.1. The molecule has 0 spiro atoms. The van der Waals surface area contributed by atoms with Crippen LogP contribution < -0.4 is 11.2 Å². The van der Waals surface area contributed by atoms with Gasteiger partial charge in [0.25, 0.3) is 11.2 Å². The summed E-state index contributed by atoms with van der Waals surface area (Å²) in [6, 6.07) is 18.5. The summed E-state index contributed by atoms with van der Waals surface area (Å²) in [5.41, 5.74) is -0.472. The minimum absolute atomic E-state index is 0.0633. The molecule has 0 saturated heterocycles. The molecule has 9 heteroatoms. The minimum atomic E-state index is -0.724. The topological polar surface area (TPSA) is 124 Å². The molecule has 0 fully saturated rings. The summed E-state index contributed by atoms with van der Waals surface area (Å²) >= 11 is 0. The van der Waals surface area contributed by atoms with E-state index in [4.69, 9.17) is 5.11 Å². The fourth-order valence-corrected chi connectivity index (χ4v) is 3.56. The first kappa shape index (κ1) is 20.9. The maximum Gasteiger partial charge on any atom is 0.336 e. The molecule has 0 aliphatic rings. The van der Waals surface area contributed by atoms with Crippen LogP contribution in [0.1, 0.15) is 15.9 Å². The SMILES string of the molecule is O=C(CO)c1ccc(Cn2c(=O)n(-c3ccccc3[N+](=O)[O-])c(=O)c3ccccc32)cc1. The molecule has 0 unspecified atom stereocenters. The molecule has 4 rings (SSSR count). The number of nitro groups is 1. The highest BCUT2D eigenvalue weighted by atomic mass is 16.6. The van der Waals surface area contributed by atoms with Crippen molar-refractivity contribution in [2.45, 2.75) is 6.54 Å². The quantitative estimate of drug-likeness (QED) is 0.284. The van der Waals surface area contributed by atoms with E-state index in [1.54, 1.807) is 48.5 Å². The van der Waals surface area contributed by atoms with Gasteiger partial charge in [0.2, 0.25) is 0 Å². The number of fused-ring (bicyclic) bond motifs is 1. The predicted molar refractivity (Wildman–Crippen MR) is 117 cm³/mol. The monoisotopic (exact) mass is 431 g/mol. The molecule has 0 aliphatic heterocycles. The lowest BCUT2D eigenvalue weighted by molar-refractivity contribution is -0.384. The lowest BCUT2D eigenvalue weighted by atomic mass is 10.1. The lowest BCUT2D eigenvalue weighted by Gasteiger charge is -2.14. The Balaban J connectivity index is 1.94. The van der Waals surface area contributed by atoms with Crippen LogP contribution in [0, 0.1) is 10.1 Å². The first-order chi connectivity index (χ1) is 15.4. The van der Waals surface area contributed by atoms with Crippen molar-refractivity contribution in [2.24, 2.45) is 0 Å². The van der Waals surface area contributed by atoms with E-state index in [2.05, 4.69) is 0 Å². The van der Waals surface area contributed by atoms with E-state index in [9.17, 15) is 24.5 Å². The van der Waals surface area contributed by atoms with Crippen molar-refractivity contribution in [1.29, 1.82) is 0 Å². The van der Waals surface area contributed by atoms with E-state index in [0.29, 0.717) is 16.6 Å². The van der Waals surface area contributed by atoms with Crippen molar-refractivity contribution in [2.75, 3.05) is 6.61 Å². The van der Waals surface area contributed by atoms with Gasteiger partial charge in [0.05, 0.1) is 22.4 Å². The third kappa shape index (κ3) is 3.61. The number of para-hydroxylation sites is 3. The van der Waals surface area contributed by atoms with Crippen molar-refractivity contribution >= 4 is 22.4 Å². The van der Waals surface area contributed by atoms with Crippen LogP contribution >= 0.6 is 0 Å². The van der Waals surface area contributed by atoms with Gasteiger partial charge in [-0.1, -0.05) is 48.5 Å². The predicted octanol–water partition coefficient (Wildman–Crippen LogP) is 2.28. The Morgan fingerprint density at radius 1 is 0.938 bits per heavy atom. The molecule has 4 aromatic rings. The van der Waals surface area contributed by atoms with Crippen molar-refractivity contribution in [3.63, 3.8) is 0 Å². The highest BCUT2D eigenvalue weighted by Gasteiger charge is 2.21. The third-order valence-corrected chi connectivity index (χ3v) is 5.13. The molecular weight excluding hydrogens is 414 g/mol. The maximum atomic E-state index is 13.4. The Morgan fingerprint density at radius 2 is 1.59 bits per heavy atom. The molecule has 0 aliphatic carbocycles. The van der Waals surface area contributed by atoms with Crippen LogP contribution in [-0.4, -0.2) is 31.6 Å². The molecule has 32 heavy (non-hydrogen) atoms. The molecule has 9 nitrogen and oxygen atoms in total. The van der Waals surface area contributed by atoms with Crippen LogP contribution in [0.25, 0.3) is 16.6 Å². The number of rotatable bonds is 6. The van der Waals surface area contributed by atoms with Gasteiger partial charge >= 0.3 is 5.69 Å². The van der Waals surface area contributed by atoms with E-state index in [-0.39, 0.29) is 23.3 Å². The summed E-state index contributed by atoms with van der Waals surface area (Å²) < 4.78 is 2.17. The Bertz CT molecular complexity index is 1470. The van der Waals surface area contributed by atoms with Crippen LogP contribution in [0.15, 0.2) is 82.4 Å². The molecule has 0 bridgehead atoms. The average molecular weight is 431 g/mol. The number of hydrogen-bond donors (Lipinski definition) is 1. The number of benzene rings is 3. The fraction of sp³-hybridized carbons (Fsp3) is 0.0870. The Morgan fingerprint density at radius 3 is 2.28 bits per heavy atom. The zero-order valence-electron chi connectivity index (χ0n) is 16.7. The number of aliphatic hydroxyl groups excluding tert-OH is 1. The number of aromatic nitrogens is 2. The number of aliphatic hydroxyl groups is 1. The largest absolute Gasteiger partial charge is 0.388 e. The van der Waals surface area contributed by atoms with Gasteiger partial charge in [-0.25, -0.2) is 9.36 Å². The standard InChI is InChI=1S/C23H17N3O6/c27-14-21(28)16-11-9-15(10-12-16)13-24-18-6-2-1-5-17(18)22(29)25(23(24)30)19-7-3-4-8-20(19)26(31)32/h1-12,27H,13-14H2.